The summed E-state index contributed by atoms with van der Waals surface area (Å²) >= 11 is 0. The van der Waals surface area contributed by atoms with E-state index in [9.17, 15) is 4.79 Å². The van der Waals surface area contributed by atoms with E-state index < -0.39 is 0 Å². The Balaban J connectivity index is 1.56. The fourth-order valence-corrected chi connectivity index (χ4v) is 2.79. The van der Waals surface area contributed by atoms with Crippen LogP contribution in [0, 0.1) is 0 Å². The Kier molecular flexibility index (Phi) is 3.03. The van der Waals surface area contributed by atoms with Crippen molar-refractivity contribution in [3.05, 3.63) is 48.4 Å². The molecule has 7 nitrogen and oxygen atoms in total. The number of carbonyl (C=O) groups excluding carboxylic acids is 1. The van der Waals surface area contributed by atoms with Crippen molar-refractivity contribution in [1.29, 1.82) is 0 Å². The first-order chi connectivity index (χ1) is 10.8. The normalized spacial score (nSPS) is 18.0. The van der Waals surface area contributed by atoms with E-state index in [4.69, 9.17) is 4.52 Å². The number of likely N-dealkylation sites (tertiary alicyclic amines) is 1. The molecule has 0 aliphatic carbocycles. The first-order valence-electron chi connectivity index (χ1n) is 7.07. The van der Waals surface area contributed by atoms with Gasteiger partial charge in [0.1, 0.15) is 0 Å². The van der Waals surface area contributed by atoms with Crippen LogP contribution in [0.1, 0.15) is 28.5 Å². The molecule has 22 heavy (non-hydrogen) atoms. The smallest absolute Gasteiger partial charge is 0.253 e. The second-order valence-electron chi connectivity index (χ2n) is 5.29. The highest BCUT2D eigenvalue weighted by molar-refractivity contribution is 5.97. The van der Waals surface area contributed by atoms with E-state index >= 15 is 0 Å². The molecular weight excluding hydrogens is 282 g/mol. The molecule has 1 atom stereocenters. The van der Waals surface area contributed by atoms with Crippen LogP contribution in [-0.2, 0) is 0 Å². The van der Waals surface area contributed by atoms with E-state index in [1.165, 1.54) is 6.39 Å². The van der Waals surface area contributed by atoms with E-state index in [1.54, 1.807) is 24.5 Å². The second-order valence-corrected chi connectivity index (χ2v) is 5.29. The van der Waals surface area contributed by atoms with Gasteiger partial charge in [0.25, 0.3) is 5.91 Å². The maximum absolute atomic E-state index is 12.6. The first-order valence-corrected chi connectivity index (χ1v) is 7.07. The van der Waals surface area contributed by atoms with Crippen LogP contribution < -0.4 is 0 Å². The van der Waals surface area contributed by atoms with Crippen LogP contribution >= 0.6 is 0 Å². The van der Waals surface area contributed by atoms with Crippen LogP contribution in [-0.4, -0.2) is 44.0 Å². The van der Waals surface area contributed by atoms with Crippen LogP contribution in [0.3, 0.4) is 0 Å². The largest absolute Gasteiger partial charge is 0.343 e. The van der Waals surface area contributed by atoms with Crippen molar-refractivity contribution >= 4 is 16.9 Å². The highest BCUT2D eigenvalue weighted by atomic mass is 16.5. The minimum atomic E-state index is -0.00134. The number of rotatable bonds is 2. The molecule has 1 aromatic carbocycles. The summed E-state index contributed by atoms with van der Waals surface area (Å²) in [7, 11) is 0. The predicted octanol–water partition coefficient (Wildman–Crippen LogP) is 1.64. The fourth-order valence-electron chi connectivity index (χ4n) is 2.79. The van der Waals surface area contributed by atoms with Crippen molar-refractivity contribution < 1.29 is 9.32 Å². The Labute approximate surface area is 126 Å². The summed E-state index contributed by atoms with van der Waals surface area (Å²) in [4.78, 5) is 27.0. The van der Waals surface area contributed by atoms with Gasteiger partial charge in [-0.05, 0) is 24.6 Å². The lowest BCUT2D eigenvalue weighted by Crippen LogP contribution is -2.28. The van der Waals surface area contributed by atoms with Crippen LogP contribution in [0.2, 0.25) is 0 Å². The second kappa shape index (κ2) is 5.18. The number of benzene rings is 1. The number of hydrogen-bond donors (Lipinski definition) is 0. The van der Waals surface area contributed by atoms with Crippen molar-refractivity contribution in [2.75, 3.05) is 13.1 Å². The van der Waals surface area contributed by atoms with Crippen molar-refractivity contribution in [3.8, 4) is 0 Å². The van der Waals surface area contributed by atoms with Crippen molar-refractivity contribution in [3.63, 3.8) is 0 Å². The zero-order chi connectivity index (χ0) is 14.9. The summed E-state index contributed by atoms with van der Waals surface area (Å²) in [6.45, 7) is 1.30. The monoisotopic (exact) mass is 295 g/mol. The molecule has 0 spiro atoms. The number of aromatic nitrogens is 4. The van der Waals surface area contributed by atoms with Crippen LogP contribution in [0.25, 0.3) is 11.0 Å². The van der Waals surface area contributed by atoms with Gasteiger partial charge in [-0.2, -0.15) is 4.98 Å². The molecule has 110 valence electrons. The van der Waals surface area contributed by atoms with Crippen LogP contribution in [0.15, 0.2) is 41.5 Å². The molecule has 0 N–H and O–H groups in total. The quantitative estimate of drug-likeness (QED) is 0.714. The third kappa shape index (κ3) is 2.20. The van der Waals surface area contributed by atoms with Crippen LogP contribution in [0.4, 0.5) is 0 Å². The number of fused-ring (bicyclic) bond motifs is 1. The van der Waals surface area contributed by atoms with Gasteiger partial charge in [-0.25, -0.2) is 0 Å². The molecule has 1 amide bonds. The van der Waals surface area contributed by atoms with Crippen molar-refractivity contribution in [2.24, 2.45) is 0 Å². The van der Waals surface area contributed by atoms with Gasteiger partial charge >= 0.3 is 0 Å². The summed E-state index contributed by atoms with van der Waals surface area (Å²) in [6.07, 6.45) is 5.43. The Morgan fingerprint density at radius 2 is 2.05 bits per heavy atom. The van der Waals surface area contributed by atoms with E-state index in [1.807, 2.05) is 11.0 Å². The standard InChI is InChI=1S/C15H13N5O2/c21-15(10-1-2-12-13(7-10)17-5-4-16-12)20-6-3-11(8-20)14-18-9-22-19-14/h1-2,4-5,7,9,11H,3,6,8H2/t11-/m0/s1. The van der Waals surface area contributed by atoms with E-state index in [2.05, 4.69) is 20.1 Å². The molecule has 1 saturated heterocycles. The molecule has 7 heteroatoms. The van der Waals surface area contributed by atoms with Gasteiger partial charge in [-0.1, -0.05) is 5.16 Å². The summed E-state index contributed by atoms with van der Waals surface area (Å²) < 4.78 is 4.78. The summed E-state index contributed by atoms with van der Waals surface area (Å²) in [5.74, 6) is 0.807. The molecule has 0 saturated carbocycles. The molecule has 3 aromatic rings. The zero-order valence-corrected chi connectivity index (χ0v) is 11.7. The van der Waals surface area contributed by atoms with Crippen molar-refractivity contribution in [2.45, 2.75) is 12.3 Å². The number of hydrogen-bond acceptors (Lipinski definition) is 6. The minimum absolute atomic E-state index is 0.00134. The van der Waals surface area contributed by atoms with Gasteiger partial charge in [0.05, 0.1) is 11.0 Å². The summed E-state index contributed by atoms with van der Waals surface area (Å²) in [5.41, 5.74) is 2.13. The Morgan fingerprint density at radius 3 is 2.86 bits per heavy atom. The minimum Gasteiger partial charge on any atom is -0.343 e. The third-order valence-electron chi connectivity index (χ3n) is 3.94. The maximum atomic E-state index is 12.6. The average molecular weight is 295 g/mol. The number of carbonyl (C=O) groups is 1. The van der Waals surface area contributed by atoms with Gasteiger partial charge < -0.3 is 9.42 Å². The lowest BCUT2D eigenvalue weighted by molar-refractivity contribution is 0.0790. The van der Waals surface area contributed by atoms with E-state index in [-0.39, 0.29) is 11.8 Å². The molecule has 3 heterocycles. The number of nitrogens with zero attached hydrogens (tertiary/aromatic N) is 5. The molecule has 1 aliphatic heterocycles. The molecule has 0 unspecified atom stereocenters. The highest BCUT2D eigenvalue weighted by Gasteiger charge is 2.30. The first kappa shape index (κ1) is 12.9. The molecule has 0 bridgehead atoms. The Morgan fingerprint density at radius 1 is 1.18 bits per heavy atom. The van der Waals surface area contributed by atoms with Gasteiger partial charge in [-0.15, -0.1) is 0 Å². The maximum Gasteiger partial charge on any atom is 0.253 e. The molecule has 4 rings (SSSR count). The zero-order valence-electron chi connectivity index (χ0n) is 11.7. The summed E-state index contributed by atoms with van der Waals surface area (Å²) in [6, 6.07) is 5.40. The average Bonchev–Trinajstić information content (AvgIpc) is 3.24. The summed E-state index contributed by atoms with van der Waals surface area (Å²) in [5, 5.41) is 3.86. The molecule has 1 aliphatic rings. The predicted molar refractivity (Wildman–Crippen MR) is 77.1 cm³/mol. The van der Waals surface area contributed by atoms with E-state index in [0.717, 1.165) is 17.5 Å². The van der Waals surface area contributed by atoms with Gasteiger partial charge in [0, 0.05) is 37.0 Å². The van der Waals surface area contributed by atoms with Crippen molar-refractivity contribution in [1.82, 2.24) is 25.0 Å². The number of amides is 1. The van der Waals surface area contributed by atoms with E-state index in [0.29, 0.717) is 24.5 Å². The van der Waals surface area contributed by atoms with Gasteiger partial charge in [0.15, 0.2) is 5.82 Å². The highest BCUT2D eigenvalue weighted by Crippen LogP contribution is 2.26. The van der Waals surface area contributed by atoms with Crippen LogP contribution in [0.5, 0.6) is 0 Å². The molecule has 0 radical (unpaired) electrons. The lowest BCUT2D eigenvalue weighted by Gasteiger charge is -2.16. The topological polar surface area (TPSA) is 85.0 Å². The third-order valence-corrected chi connectivity index (χ3v) is 3.94. The molecular formula is C15H13N5O2. The Hall–Kier alpha value is -2.83. The van der Waals surface area contributed by atoms with Gasteiger partial charge in [-0.3, -0.25) is 14.8 Å². The molecule has 2 aromatic heterocycles. The van der Waals surface area contributed by atoms with Gasteiger partial charge in [0.2, 0.25) is 6.39 Å². The fraction of sp³-hybridized carbons (Fsp3) is 0.267. The Bertz CT molecular complexity index is 818. The SMILES string of the molecule is O=C(c1ccc2nccnc2c1)N1CC[C@H](c2ncon2)C1. The lowest BCUT2D eigenvalue weighted by atomic mass is 10.1. The molecule has 1 fully saturated rings.